The van der Waals surface area contributed by atoms with Crippen LogP contribution in [-0.2, 0) is 9.53 Å². The molecule has 21 heavy (non-hydrogen) atoms. The van der Waals surface area contributed by atoms with Crippen molar-refractivity contribution in [2.24, 2.45) is 0 Å². The van der Waals surface area contributed by atoms with Crippen LogP contribution < -0.4 is 5.32 Å². The van der Waals surface area contributed by atoms with Crippen LogP contribution in [0.3, 0.4) is 0 Å². The number of nitrogens with zero attached hydrogens (tertiary/aromatic N) is 2. The first kappa shape index (κ1) is 17.2. The van der Waals surface area contributed by atoms with Gasteiger partial charge in [0.25, 0.3) is 0 Å². The second-order valence-electron chi connectivity index (χ2n) is 5.25. The third-order valence-corrected chi connectivity index (χ3v) is 3.22. The zero-order valence-corrected chi connectivity index (χ0v) is 13.1. The molecule has 5 heteroatoms. The van der Waals surface area contributed by atoms with Crippen molar-refractivity contribution >= 4 is 11.6 Å². The Bertz CT molecular complexity index is 491. The minimum atomic E-state index is -0.253. The van der Waals surface area contributed by atoms with Gasteiger partial charge in [-0.15, -0.1) is 0 Å². The predicted octanol–water partition coefficient (Wildman–Crippen LogP) is 2.24. The smallest absolute Gasteiger partial charge is 0.241 e. The molecular weight excluding hydrogens is 266 g/mol. The van der Waals surface area contributed by atoms with Crippen LogP contribution in [0.25, 0.3) is 0 Å². The van der Waals surface area contributed by atoms with Crippen LogP contribution in [0.2, 0.25) is 0 Å². The number of ether oxygens (including phenoxy) is 1. The van der Waals surface area contributed by atoms with Crippen LogP contribution in [0.1, 0.15) is 26.3 Å². The highest BCUT2D eigenvalue weighted by Gasteiger charge is 2.17. The summed E-state index contributed by atoms with van der Waals surface area (Å²) in [6.07, 6.45) is 0.196. The van der Waals surface area contributed by atoms with Crippen LogP contribution in [0.15, 0.2) is 24.3 Å². The number of nitrogens with one attached hydrogen (secondary N) is 1. The summed E-state index contributed by atoms with van der Waals surface area (Å²) in [6.45, 7) is 7.12. The van der Waals surface area contributed by atoms with Gasteiger partial charge in [0.1, 0.15) is 0 Å². The lowest BCUT2D eigenvalue weighted by Gasteiger charge is -2.24. The molecule has 114 valence electrons. The standard InChI is InChI=1S/C16H23N3O2/c1-12(2)21-10-9-19(4)13(3)16(20)18-15-7-5-14(11-17)6-8-15/h5-8,12-13H,9-10H2,1-4H3,(H,18,20). The number of rotatable bonds is 7. The average molecular weight is 289 g/mol. The van der Waals surface area contributed by atoms with E-state index in [-0.39, 0.29) is 18.1 Å². The van der Waals surface area contributed by atoms with Gasteiger partial charge < -0.3 is 10.1 Å². The first-order valence-corrected chi connectivity index (χ1v) is 7.07. The average Bonchev–Trinajstić information content (AvgIpc) is 2.46. The molecule has 0 saturated heterocycles. The van der Waals surface area contributed by atoms with Crippen molar-refractivity contribution in [3.05, 3.63) is 29.8 Å². The molecule has 0 bridgehead atoms. The molecule has 1 rings (SSSR count). The first-order chi connectivity index (χ1) is 9.93. The Labute approximate surface area is 126 Å². The second-order valence-corrected chi connectivity index (χ2v) is 5.25. The van der Waals surface area contributed by atoms with Gasteiger partial charge in [0.2, 0.25) is 5.91 Å². The van der Waals surface area contributed by atoms with Crippen molar-refractivity contribution in [1.82, 2.24) is 4.90 Å². The zero-order valence-electron chi connectivity index (χ0n) is 13.1. The predicted molar refractivity (Wildman–Crippen MR) is 83.0 cm³/mol. The Kier molecular flexibility index (Phi) is 6.86. The van der Waals surface area contributed by atoms with Gasteiger partial charge in [-0.2, -0.15) is 5.26 Å². The lowest BCUT2D eigenvalue weighted by Crippen LogP contribution is -2.41. The van der Waals surface area contributed by atoms with E-state index in [1.165, 1.54) is 0 Å². The fourth-order valence-corrected chi connectivity index (χ4v) is 1.70. The summed E-state index contributed by atoms with van der Waals surface area (Å²) in [7, 11) is 1.90. The van der Waals surface area contributed by atoms with E-state index in [4.69, 9.17) is 10.00 Å². The lowest BCUT2D eigenvalue weighted by molar-refractivity contribution is -0.120. The monoisotopic (exact) mass is 289 g/mol. The maximum absolute atomic E-state index is 12.1. The molecule has 1 aromatic carbocycles. The van der Waals surface area contributed by atoms with E-state index in [1.54, 1.807) is 24.3 Å². The summed E-state index contributed by atoms with van der Waals surface area (Å²) in [6, 6.07) is 8.61. The van der Waals surface area contributed by atoms with E-state index in [0.29, 0.717) is 24.4 Å². The van der Waals surface area contributed by atoms with E-state index in [2.05, 4.69) is 5.32 Å². The summed E-state index contributed by atoms with van der Waals surface area (Å²) >= 11 is 0. The van der Waals surface area contributed by atoms with Gasteiger partial charge in [0.15, 0.2) is 0 Å². The largest absolute Gasteiger partial charge is 0.377 e. The molecule has 1 unspecified atom stereocenters. The number of likely N-dealkylation sites (N-methyl/N-ethyl adjacent to an activating group) is 1. The number of benzene rings is 1. The van der Waals surface area contributed by atoms with Crippen LogP contribution >= 0.6 is 0 Å². The van der Waals surface area contributed by atoms with Crippen molar-refractivity contribution in [2.45, 2.75) is 32.9 Å². The number of hydrogen-bond donors (Lipinski definition) is 1. The van der Waals surface area contributed by atoms with Crippen molar-refractivity contribution in [3.63, 3.8) is 0 Å². The summed E-state index contributed by atoms with van der Waals surface area (Å²) < 4.78 is 5.48. The number of carbonyl (C=O) groups excluding carboxylic acids is 1. The normalized spacial score (nSPS) is 12.2. The Morgan fingerprint density at radius 3 is 2.48 bits per heavy atom. The van der Waals surface area contributed by atoms with Crippen LogP contribution in [0.5, 0.6) is 0 Å². The van der Waals surface area contributed by atoms with Crippen LogP contribution in [0, 0.1) is 11.3 Å². The van der Waals surface area contributed by atoms with Gasteiger partial charge in [0, 0.05) is 12.2 Å². The fourth-order valence-electron chi connectivity index (χ4n) is 1.70. The van der Waals surface area contributed by atoms with Crippen molar-refractivity contribution in [3.8, 4) is 6.07 Å². The van der Waals surface area contributed by atoms with E-state index >= 15 is 0 Å². The number of carbonyl (C=O) groups is 1. The highest BCUT2D eigenvalue weighted by atomic mass is 16.5. The number of anilines is 1. The molecule has 0 aliphatic heterocycles. The van der Waals surface area contributed by atoms with E-state index in [0.717, 1.165) is 0 Å². The molecule has 0 saturated carbocycles. The van der Waals surface area contributed by atoms with Crippen molar-refractivity contribution in [1.29, 1.82) is 5.26 Å². The lowest BCUT2D eigenvalue weighted by atomic mass is 10.2. The number of amides is 1. The van der Waals surface area contributed by atoms with Gasteiger partial charge in [-0.25, -0.2) is 0 Å². The Balaban J connectivity index is 2.47. The van der Waals surface area contributed by atoms with Crippen molar-refractivity contribution < 1.29 is 9.53 Å². The number of nitriles is 1. The van der Waals surface area contributed by atoms with Crippen molar-refractivity contribution in [2.75, 3.05) is 25.5 Å². The number of hydrogen-bond acceptors (Lipinski definition) is 4. The van der Waals surface area contributed by atoms with Gasteiger partial charge >= 0.3 is 0 Å². The molecule has 1 amide bonds. The maximum Gasteiger partial charge on any atom is 0.241 e. The van der Waals surface area contributed by atoms with Gasteiger partial charge in [0.05, 0.1) is 30.4 Å². The molecule has 0 heterocycles. The third kappa shape index (κ3) is 5.94. The van der Waals surface area contributed by atoms with E-state index < -0.39 is 0 Å². The SMILES string of the molecule is CC(C)OCCN(C)C(C)C(=O)Nc1ccc(C#N)cc1. The second kappa shape index (κ2) is 8.40. The fraction of sp³-hybridized carbons (Fsp3) is 0.500. The minimum Gasteiger partial charge on any atom is -0.377 e. The Morgan fingerprint density at radius 1 is 1.33 bits per heavy atom. The quantitative estimate of drug-likeness (QED) is 0.836. The minimum absolute atomic E-state index is 0.0771. The first-order valence-electron chi connectivity index (χ1n) is 7.07. The van der Waals surface area contributed by atoms with E-state index in [1.807, 2.05) is 38.8 Å². The van der Waals surface area contributed by atoms with Gasteiger partial charge in [-0.1, -0.05) is 0 Å². The molecule has 0 radical (unpaired) electrons. The highest BCUT2D eigenvalue weighted by molar-refractivity contribution is 5.94. The summed E-state index contributed by atoms with van der Waals surface area (Å²) in [4.78, 5) is 14.1. The van der Waals surface area contributed by atoms with Gasteiger partial charge in [-0.3, -0.25) is 9.69 Å². The summed E-state index contributed by atoms with van der Waals surface area (Å²) in [5, 5.41) is 11.6. The van der Waals surface area contributed by atoms with E-state index in [9.17, 15) is 4.79 Å². The topological polar surface area (TPSA) is 65.4 Å². The molecule has 5 nitrogen and oxygen atoms in total. The maximum atomic E-state index is 12.1. The molecule has 0 aliphatic carbocycles. The molecule has 0 spiro atoms. The molecule has 1 N–H and O–H groups in total. The molecule has 1 atom stereocenters. The zero-order chi connectivity index (χ0) is 15.8. The molecule has 1 aromatic rings. The van der Waals surface area contributed by atoms with Crippen LogP contribution in [0.4, 0.5) is 5.69 Å². The molecule has 0 aromatic heterocycles. The Hall–Kier alpha value is -1.90. The molecule has 0 aliphatic rings. The Morgan fingerprint density at radius 2 is 1.95 bits per heavy atom. The summed E-state index contributed by atoms with van der Waals surface area (Å²) in [5.74, 6) is -0.0771. The summed E-state index contributed by atoms with van der Waals surface area (Å²) in [5.41, 5.74) is 1.27. The van der Waals surface area contributed by atoms with Gasteiger partial charge in [-0.05, 0) is 52.1 Å². The molecule has 0 fully saturated rings. The molecular formula is C16H23N3O2. The highest BCUT2D eigenvalue weighted by Crippen LogP contribution is 2.10. The van der Waals surface area contributed by atoms with Crippen LogP contribution in [-0.4, -0.2) is 43.2 Å². The third-order valence-electron chi connectivity index (χ3n) is 3.22.